The molecule has 1 unspecified atom stereocenters. The SMILES string of the molecule is C#CCOC(=O)[C@@H](NC(=O)N[C@H](C(=O)N1CC[C@H](C(C)C)[C@H]1C(=O)NC(SCC)C(=O)C(=O)NCC=C)C(C)(C)C)C(=C)C. The topological polar surface area (TPSA) is 163 Å². The maximum absolute atomic E-state index is 14.1. The molecule has 0 aromatic rings. The number of rotatable bonds is 15. The summed E-state index contributed by atoms with van der Waals surface area (Å²) in [5.74, 6) is -1.16. The van der Waals surface area contributed by atoms with Gasteiger partial charge >= 0.3 is 12.0 Å². The molecule has 244 valence electrons. The van der Waals surface area contributed by atoms with Gasteiger partial charge in [-0.1, -0.05) is 60.1 Å². The standard InChI is InChI=1S/C31H47N5O7S/c1-11-15-32-26(39)23(37)27(44-13-3)35-25(38)22-20(18(4)5)14-16-36(22)28(40)24(31(8,9)10)34-30(42)33-21(19(6)7)29(41)43-17-12-2/h2,11,18,20-22,24,27H,1,6,13-17H2,3-5,7-10H3,(H,32,39)(H,35,38)(H2,33,34,42)/t20-,21+,22+,24-,27?/m1/s1. The molecule has 1 aliphatic heterocycles. The van der Waals surface area contributed by atoms with E-state index >= 15 is 0 Å². The minimum Gasteiger partial charge on any atom is -0.451 e. The van der Waals surface area contributed by atoms with Crippen LogP contribution in [0.4, 0.5) is 4.79 Å². The summed E-state index contributed by atoms with van der Waals surface area (Å²) in [6, 6.07) is -4.09. The van der Waals surface area contributed by atoms with Crippen molar-refractivity contribution in [3.8, 4) is 12.3 Å². The number of Topliss-reactive ketones (excluding diaryl/α,β-unsaturated/α-hetero) is 1. The van der Waals surface area contributed by atoms with Crippen LogP contribution in [0.3, 0.4) is 0 Å². The maximum Gasteiger partial charge on any atom is 0.333 e. The first-order valence-corrected chi connectivity index (χ1v) is 15.5. The van der Waals surface area contributed by atoms with Crippen molar-refractivity contribution in [1.29, 1.82) is 0 Å². The lowest BCUT2D eigenvalue weighted by atomic mass is 9.84. The highest BCUT2D eigenvalue weighted by Gasteiger charge is 2.48. The Balaban J connectivity index is 3.30. The van der Waals surface area contributed by atoms with E-state index in [-0.39, 0.29) is 31.5 Å². The van der Waals surface area contributed by atoms with Crippen molar-refractivity contribution in [2.24, 2.45) is 17.3 Å². The van der Waals surface area contributed by atoms with Crippen molar-refractivity contribution in [2.45, 2.75) is 78.4 Å². The number of nitrogens with one attached hydrogen (secondary N) is 4. The molecule has 0 aliphatic carbocycles. The molecule has 1 aliphatic rings. The molecule has 1 rings (SSSR count). The van der Waals surface area contributed by atoms with Gasteiger partial charge in [0.25, 0.3) is 11.7 Å². The summed E-state index contributed by atoms with van der Waals surface area (Å²) in [5, 5.41) is 9.12. The largest absolute Gasteiger partial charge is 0.451 e. The van der Waals surface area contributed by atoms with Crippen molar-refractivity contribution in [2.75, 3.05) is 25.4 Å². The molecule has 0 bridgehead atoms. The van der Waals surface area contributed by atoms with Crippen LogP contribution in [0.2, 0.25) is 0 Å². The van der Waals surface area contributed by atoms with Gasteiger partial charge in [0.2, 0.25) is 11.8 Å². The third-order valence-electron chi connectivity index (χ3n) is 7.02. The van der Waals surface area contributed by atoms with Crippen LogP contribution < -0.4 is 21.3 Å². The summed E-state index contributed by atoms with van der Waals surface area (Å²) < 4.78 is 4.94. The number of likely N-dealkylation sites (tertiary alicyclic amines) is 1. The van der Waals surface area contributed by atoms with Crippen LogP contribution in [0.1, 0.15) is 54.9 Å². The fraction of sp³-hybridized carbons (Fsp3) is 0.613. The number of hydrogen-bond donors (Lipinski definition) is 4. The Bertz CT molecular complexity index is 1160. The third kappa shape index (κ3) is 10.7. The molecule has 13 heteroatoms. The van der Waals surface area contributed by atoms with Gasteiger partial charge in [0.15, 0.2) is 6.61 Å². The molecule has 12 nitrogen and oxygen atoms in total. The fourth-order valence-corrected chi connectivity index (χ4v) is 5.52. The Labute approximate surface area is 264 Å². The number of urea groups is 1. The van der Waals surface area contributed by atoms with Crippen LogP contribution in [0.5, 0.6) is 0 Å². The second-order valence-electron chi connectivity index (χ2n) is 11.9. The molecule has 0 aromatic heterocycles. The van der Waals surface area contributed by atoms with Gasteiger partial charge in [-0.15, -0.1) is 24.8 Å². The summed E-state index contributed by atoms with van der Waals surface area (Å²) in [6.07, 6.45) is 7.10. The molecular formula is C31H47N5O7S. The first kappa shape index (κ1) is 38.2. The number of nitrogens with zero attached hydrogens (tertiary/aromatic N) is 1. The van der Waals surface area contributed by atoms with Crippen LogP contribution in [-0.4, -0.2) is 89.4 Å². The minimum atomic E-state index is -1.20. The lowest BCUT2D eigenvalue weighted by molar-refractivity contribution is -0.144. The zero-order valence-corrected chi connectivity index (χ0v) is 27.6. The molecule has 5 amide bonds. The number of amides is 5. The highest BCUT2D eigenvalue weighted by Crippen LogP contribution is 2.33. The summed E-state index contributed by atoms with van der Waals surface area (Å²) in [6.45, 7) is 19.8. The summed E-state index contributed by atoms with van der Waals surface area (Å²) in [4.78, 5) is 80.0. The monoisotopic (exact) mass is 633 g/mol. The number of carbonyl (C=O) groups excluding carboxylic acids is 6. The average Bonchev–Trinajstić information content (AvgIpc) is 3.40. The third-order valence-corrected chi connectivity index (χ3v) is 8.02. The molecule has 5 atom stereocenters. The number of ketones is 1. The number of hydrogen-bond acceptors (Lipinski definition) is 8. The van der Waals surface area contributed by atoms with Crippen molar-refractivity contribution in [1.82, 2.24) is 26.2 Å². The van der Waals surface area contributed by atoms with Crippen LogP contribution in [0.25, 0.3) is 0 Å². The summed E-state index contributed by atoms with van der Waals surface area (Å²) >= 11 is 1.09. The first-order chi connectivity index (χ1) is 20.5. The molecule has 4 N–H and O–H groups in total. The van der Waals surface area contributed by atoms with Gasteiger partial charge in [-0.25, -0.2) is 9.59 Å². The predicted octanol–water partition coefficient (Wildman–Crippen LogP) is 1.76. The van der Waals surface area contributed by atoms with Gasteiger partial charge in [-0.05, 0) is 41.9 Å². The van der Waals surface area contributed by atoms with E-state index in [2.05, 4.69) is 40.3 Å². The van der Waals surface area contributed by atoms with E-state index in [0.29, 0.717) is 17.7 Å². The van der Waals surface area contributed by atoms with Gasteiger partial charge in [0, 0.05) is 13.1 Å². The number of terminal acetylenes is 1. The van der Waals surface area contributed by atoms with E-state index in [9.17, 15) is 28.8 Å². The molecule has 0 saturated carbocycles. The Hall–Kier alpha value is -3.79. The first-order valence-electron chi connectivity index (χ1n) is 14.5. The molecular weight excluding hydrogens is 586 g/mol. The van der Waals surface area contributed by atoms with Crippen molar-refractivity contribution in [3.63, 3.8) is 0 Å². The normalized spacial score (nSPS) is 18.2. The quantitative estimate of drug-likeness (QED) is 0.0697. The summed E-state index contributed by atoms with van der Waals surface area (Å²) in [7, 11) is 0. The number of esters is 1. The number of ether oxygens (including phenoxy) is 1. The lowest BCUT2D eigenvalue weighted by Crippen LogP contribution is -2.61. The van der Waals surface area contributed by atoms with Crippen LogP contribution in [-0.2, 0) is 28.7 Å². The highest BCUT2D eigenvalue weighted by atomic mass is 32.2. The van der Waals surface area contributed by atoms with Crippen molar-refractivity contribution >= 4 is 47.3 Å². The van der Waals surface area contributed by atoms with Crippen LogP contribution in [0, 0.1) is 29.6 Å². The molecule has 0 aromatic carbocycles. The van der Waals surface area contributed by atoms with Gasteiger partial charge in [0.05, 0.1) is 0 Å². The minimum absolute atomic E-state index is 0.00196. The van der Waals surface area contributed by atoms with E-state index in [1.165, 1.54) is 17.9 Å². The van der Waals surface area contributed by atoms with Gasteiger partial charge in [-0.2, -0.15) is 0 Å². The van der Waals surface area contributed by atoms with E-state index in [0.717, 1.165) is 11.8 Å². The lowest BCUT2D eigenvalue weighted by Gasteiger charge is -2.37. The second kappa shape index (κ2) is 17.5. The van der Waals surface area contributed by atoms with Gasteiger partial charge < -0.3 is 30.9 Å². The predicted molar refractivity (Wildman–Crippen MR) is 170 cm³/mol. The molecule has 1 heterocycles. The molecule has 0 radical (unpaired) electrons. The van der Waals surface area contributed by atoms with Crippen LogP contribution in [0.15, 0.2) is 24.8 Å². The summed E-state index contributed by atoms with van der Waals surface area (Å²) in [5.41, 5.74) is -0.516. The van der Waals surface area contributed by atoms with Gasteiger partial charge in [-0.3, -0.25) is 19.2 Å². The van der Waals surface area contributed by atoms with Crippen LogP contribution >= 0.6 is 11.8 Å². The number of carbonyl (C=O) groups is 6. The van der Waals surface area contributed by atoms with E-state index in [4.69, 9.17) is 11.2 Å². The second-order valence-corrected chi connectivity index (χ2v) is 13.3. The fourth-order valence-electron chi connectivity index (χ4n) is 4.73. The van der Waals surface area contributed by atoms with E-state index < -0.39 is 64.4 Å². The smallest absolute Gasteiger partial charge is 0.333 e. The molecule has 44 heavy (non-hydrogen) atoms. The Morgan fingerprint density at radius 2 is 1.77 bits per heavy atom. The zero-order chi connectivity index (χ0) is 33.8. The Morgan fingerprint density at radius 1 is 1.14 bits per heavy atom. The van der Waals surface area contributed by atoms with Crippen molar-refractivity contribution < 1.29 is 33.5 Å². The van der Waals surface area contributed by atoms with Gasteiger partial charge in [0.1, 0.15) is 23.5 Å². The number of thioether (sulfide) groups is 1. The Kier molecular flexibility index (Phi) is 15.2. The molecule has 1 fully saturated rings. The zero-order valence-electron chi connectivity index (χ0n) is 26.8. The van der Waals surface area contributed by atoms with Crippen molar-refractivity contribution in [3.05, 3.63) is 24.8 Å². The maximum atomic E-state index is 14.1. The molecule has 1 saturated heterocycles. The highest BCUT2D eigenvalue weighted by molar-refractivity contribution is 8.00. The van der Waals surface area contributed by atoms with E-state index in [1.54, 1.807) is 27.7 Å². The Morgan fingerprint density at radius 3 is 2.27 bits per heavy atom. The molecule has 0 spiro atoms. The average molecular weight is 634 g/mol. The van der Waals surface area contributed by atoms with E-state index in [1.807, 2.05) is 13.8 Å².